The Kier molecular flexibility index (Phi) is 2.52. The van der Waals surface area contributed by atoms with Gasteiger partial charge in [0.25, 0.3) is 0 Å². The minimum Gasteiger partial charge on any atom is -0.388 e. The van der Waals surface area contributed by atoms with Crippen molar-refractivity contribution in [3.63, 3.8) is 0 Å². The van der Waals surface area contributed by atoms with Crippen LogP contribution in [0.1, 0.15) is 51.4 Å². The number of likely N-dealkylation sites (tertiary alicyclic amines) is 1. The SMILES string of the molecule is OC1(CC2CCCC2)CCN(C2CC2)C1. The summed E-state index contributed by atoms with van der Waals surface area (Å²) in [5.41, 5.74) is -0.322. The van der Waals surface area contributed by atoms with Crippen LogP contribution in [0.4, 0.5) is 0 Å². The second kappa shape index (κ2) is 3.74. The highest BCUT2D eigenvalue weighted by atomic mass is 16.3. The van der Waals surface area contributed by atoms with Crippen LogP contribution >= 0.6 is 0 Å². The van der Waals surface area contributed by atoms with Gasteiger partial charge in [0, 0.05) is 19.1 Å². The van der Waals surface area contributed by atoms with Gasteiger partial charge >= 0.3 is 0 Å². The first-order valence-corrected chi connectivity index (χ1v) is 6.72. The molecule has 0 aromatic heterocycles. The first-order valence-electron chi connectivity index (χ1n) is 6.72. The Labute approximate surface area is 92.7 Å². The maximum atomic E-state index is 10.6. The Morgan fingerprint density at radius 3 is 2.53 bits per heavy atom. The standard InChI is InChI=1S/C13H23NO/c15-13(9-11-3-1-2-4-11)7-8-14(10-13)12-5-6-12/h11-12,15H,1-10H2. The highest BCUT2D eigenvalue weighted by molar-refractivity contribution is 4.97. The number of hydrogen-bond donors (Lipinski definition) is 1. The van der Waals surface area contributed by atoms with Crippen LogP contribution in [0.25, 0.3) is 0 Å². The van der Waals surface area contributed by atoms with Gasteiger partial charge in [-0.1, -0.05) is 25.7 Å². The molecule has 1 saturated heterocycles. The summed E-state index contributed by atoms with van der Waals surface area (Å²) in [6.45, 7) is 2.11. The van der Waals surface area contributed by atoms with E-state index in [9.17, 15) is 5.11 Å². The van der Waals surface area contributed by atoms with E-state index in [1.54, 1.807) is 0 Å². The molecule has 0 aromatic carbocycles. The molecule has 1 heterocycles. The van der Waals surface area contributed by atoms with Crippen LogP contribution in [0.15, 0.2) is 0 Å². The molecular formula is C13H23NO. The molecule has 2 heteroatoms. The van der Waals surface area contributed by atoms with Crippen molar-refractivity contribution in [3.05, 3.63) is 0 Å². The molecule has 3 fully saturated rings. The summed E-state index contributed by atoms with van der Waals surface area (Å²) in [7, 11) is 0. The normalized spacial score (nSPS) is 39.0. The van der Waals surface area contributed by atoms with E-state index in [4.69, 9.17) is 0 Å². The molecule has 86 valence electrons. The minimum absolute atomic E-state index is 0.322. The summed E-state index contributed by atoms with van der Waals surface area (Å²) >= 11 is 0. The summed E-state index contributed by atoms with van der Waals surface area (Å²) in [6, 6.07) is 0.836. The molecule has 1 atom stereocenters. The fourth-order valence-electron chi connectivity index (χ4n) is 3.56. The fraction of sp³-hybridized carbons (Fsp3) is 1.00. The van der Waals surface area contributed by atoms with Crippen molar-refractivity contribution in [2.75, 3.05) is 13.1 Å². The van der Waals surface area contributed by atoms with Crippen molar-refractivity contribution in [3.8, 4) is 0 Å². The summed E-state index contributed by atoms with van der Waals surface area (Å²) in [5, 5.41) is 10.6. The molecule has 0 amide bonds. The quantitative estimate of drug-likeness (QED) is 0.770. The molecule has 0 bridgehead atoms. The van der Waals surface area contributed by atoms with Gasteiger partial charge in [-0.15, -0.1) is 0 Å². The van der Waals surface area contributed by atoms with Crippen LogP contribution in [0.2, 0.25) is 0 Å². The van der Waals surface area contributed by atoms with Gasteiger partial charge in [-0.25, -0.2) is 0 Å². The van der Waals surface area contributed by atoms with Crippen LogP contribution in [-0.2, 0) is 0 Å². The van der Waals surface area contributed by atoms with Crippen molar-refractivity contribution < 1.29 is 5.11 Å². The van der Waals surface area contributed by atoms with E-state index in [1.807, 2.05) is 0 Å². The average molecular weight is 209 g/mol. The topological polar surface area (TPSA) is 23.5 Å². The Balaban J connectivity index is 1.54. The highest BCUT2D eigenvalue weighted by Crippen LogP contribution is 2.39. The van der Waals surface area contributed by atoms with Crippen LogP contribution < -0.4 is 0 Å². The smallest absolute Gasteiger partial charge is 0.0789 e. The van der Waals surface area contributed by atoms with E-state index in [0.717, 1.165) is 37.9 Å². The second-order valence-corrected chi connectivity index (χ2v) is 6.03. The summed E-state index contributed by atoms with van der Waals surface area (Å²) in [5.74, 6) is 0.828. The number of aliphatic hydroxyl groups is 1. The largest absolute Gasteiger partial charge is 0.388 e. The molecule has 0 aromatic rings. The molecular weight excluding hydrogens is 186 g/mol. The number of hydrogen-bond acceptors (Lipinski definition) is 2. The van der Waals surface area contributed by atoms with Gasteiger partial charge in [0.05, 0.1) is 5.60 Å². The predicted molar refractivity (Wildman–Crippen MR) is 60.7 cm³/mol. The molecule has 3 rings (SSSR count). The molecule has 1 unspecified atom stereocenters. The van der Waals surface area contributed by atoms with E-state index in [-0.39, 0.29) is 5.60 Å². The summed E-state index contributed by atoms with van der Waals surface area (Å²) in [6.07, 6.45) is 10.4. The highest BCUT2D eigenvalue weighted by Gasteiger charge is 2.43. The lowest BCUT2D eigenvalue weighted by atomic mass is 9.89. The Hall–Kier alpha value is -0.0800. The molecule has 2 nitrogen and oxygen atoms in total. The van der Waals surface area contributed by atoms with Crippen molar-refractivity contribution >= 4 is 0 Å². The van der Waals surface area contributed by atoms with Gasteiger partial charge in [0.1, 0.15) is 0 Å². The van der Waals surface area contributed by atoms with E-state index in [1.165, 1.54) is 38.5 Å². The zero-order chi connectivity index (χ0) is 10.3. The third-order valence-corrected chi connectivity index (χ3v) is 4.57. The zero-order valence-corrected chi connectivity index (χ0v) is 9.62. The number of nitrogens with zero attached hydrogens (tertiary/aromatic N) is 1. The summed E-state index contributed by atoms with van der Waals surface area (Å²) in [4.78, 5) is 2.52. The average Bonchev–Trinajstić information content (AvgIpc) is 2.81. The van der Waals surface area contributed by atoms with E-state index < -0.39 is 0 Å². The van der Waals surface area contributed by atoms with Crippen molar-refractivity contribution in [1.29, 1.82) is 0 Å². The molecule has 0 spiro atoms. The zero-order valence-electron chi connectivity index (χ0n) is 9.62. The molecule has 2 aliphatic carbocycles. The number of rotatable bonds is 3. The summed E-state index contributed by atoms with van der Waals surface area (Å²) < 4.78 is 0. The van der Waals surface area contributed by atoms with Crippen LogP contribution in [0, 0.1) is 5.92 Å². The first-order chi connectivity index (χ1) is 7.25. The molecule has 1 aliphatic heterocycles. The second-order valence-electron chi connectivity index (χ2n) is 6.03. The molecule has 1 N–H and O–H groups in total. The third-order valence-electron chi connectivity index (χ3n) is 4.57. The van der Waals surface area contributed by atoms with Gasteiger partial charge < -0.3 is 5.11 Å². The fourth-order valence-corrected chi connectivity index (χ4v) is 3.56. The lowest BCUT2D eigenvalue weighted by Crippen LogP contribution is -2.35. The van der Waals surface area contributed by atoms with Crippen molar-refractivity contribution in [1.82, 2.24) is 4.90 Å². The van der Waals surface area contributed by atoms with Crippen LogP contribution in [0.3, 0.4) is 0 Å². The van der Waals surface area contributed by atoms with E-state index >= 15 is 0 Å². The maximum absolute atomic E-state index is 10.6. The third kappa shape index (κ3) is 2.21. The predicted octanol–water partition coefficient (Wildman–Crippen LogP) is 2.17. The van der Waals surface area contributed by atoms with Crippen molar-refractivity contribution in [2.24, 2.45) is 5.92 Å². The van der Waals surface area contributed by atoms with Gasteiger partial charge in [-0.3, -0.25) is 4.90 Å². The van der Waals surface area contributed by atoms with Gasteiger partial charge in [0.2, 0.25) is 0 Å². The number of β-amino-alcohol motifs (C(OH)–C–C–N with tert-alkyl or cyclic N) is 1. The minimum atomic E-state index is -0.322. The molecule has 15 heavy (non-hydrogen) atoms. The Morgan fingerprint density at radius 1 is 1.13 bits per heavy atom. The van der Waals surface area contributed by atoms with E-state index in [2.05, 4.69) is 4.90 Å². The van der Waals surface area contributed by atoms with Gasteiger partial charge in [-0.05, 0) is 31.6 Å². The van der Waals surface area contributed by atoms with Crippen LogP contribution in [0.5, 0.6) is 0 Å². The van der Waals surface area contributed by atoms with E-state index in [0.29, 0.717) is 0 Å². The van der Waals surface area contributed by atoms with Gasteiger partial charge in [-0.2, -0.15) is 0 Å². The van der Waals surface area contributed by atoms with Crippen molar-refractivity contribution in [2.45, 2.75) is 63.0 Å². The Morgan fingerprint density at radius 2 is 1.87 bits per heavy atom. The maximum Gasteiger partial charge on any atom is 0.0789 e. The lowest BCUT2D eigenvalue weighted by molar-refractivity contribution is 0.0244. The molecule has 2 saturated carbocycles. The molecule has 0 radical (unpaired) electrons. The van der Waals surface area contributed by atoms with Gasteiger partial charge in [0.15, 0.2) is 0 Å². The lowest BCUT2D eigenvalue weighted by Gasteiger charge is -2.26. The van der Waals surface area contributed by atoms with Crippen LogP contribution in [-0.4, -0.2) is 34.7 Å². The Bertz CT molecular complexity index is 233. The monoisotopic (exact) mass is 209 g/mol. The first kappa shape index (κ1) is 10.1. The molecule has 3 aliphatic rings.